The molecule has 0 bridgehead atoms. The normalized spacial score (nSPS) is 18.7. The molecule has 0 atom stereocenters. The van der Waals surface area contributed by atoms with E-state index in [4.69, 9.17) is 10.7 Å². The Labute approximate surface area is 130 Å². The van der Waals surface area contributed by atoms with E-state index < -0.39 is 0 Å². The number of aromatic nitrogens is 1. The zero-order chi connectivity index (χ0) is 14.9. The highest BCUT2D eigenvalue weighted by atomic mass is 32.2. The number of nitrogens with zero attached hydrogens (tertiary/aromatic N) is 2. The highest BCUT2D eigenvalue weighted by Crippen LogP contribution is 2.33. The van der Waals surface area contributed by atoms with Gasteiger partial charge in [-0.15, -0.1) is 0 Å². The van der Waals surface area contributed by atoms with E-state index in [1.54, 1.807) is 0 Å². The van der Waals surface area contributed by atoms with Gasteiger partial charge in [0.15, 0.2) is 0 Å². The molecule has 112 valence electrons. The van der Waals surface area contributed by atoms with Gasteiger partial charge in [0, 0.05) is 41.1 Å². The molecule has 0 spiro atoms. The highest BCUT2D eigenvalue weighted by Gasteiger charge is 2.25. The van der Waals surface area contributed by atoms with Crippen LogP contribution in [-0.2, 0) is 6.54 Å². The van der Waals surface area contributed by atoms with Crippen molar-refractivity contribution in [2.75, 3.05) is 23.7 Å². The van der Waals surface area contributed by atoms with E-state index in [-0.39, 0.29) is 0 Å². The Kier molecular flexibility index (Phi) is 4.09. The van der Waals surface area contributed by atoms with Crippen LogP contribution < -0.4 is 10.6 Å². The molecule has 2 heterocycles. The molecule has 1 aliphatic heterocycles. The minimum Gasteiger partial charge on any atom is -0.355 e. The van der Waals surface area contributed by atoms with Crippen LogP contribution in [0.5, 0.6) is 0 Å². The van der Waals surface area contributed by atoms with Crippen LogP contribution >= 0.6 is 11.8 Å². The number of fused-ring (bicyclic) bond motifs is 1. The maximum Gasteiger partial charge on any atom is 0.133 e. The SMILES string of the molecule is CC1(C)CCN(c2nc3ccccc3cc2CN)CCS1. The van der Waals surface area contributed by atoms with Gasteiger partial charge in [-0.05, 0) is 18.6 Å². The molecule has 1 aromatic heterocycles. The van der Waals surface area contributed by atoms with Crippen molar-refractivity contribution >= 4 is 28.5 Å². The first-order chi connectivity index (χ1) is 10.1. The minimum atomic E-state index is 0.356. The monoisotopic (exact) mass is 301 g/mol. The number of pyridine rings is 1. The first-order valence-electron chi connectivity index (χ1n) is 7.57. The van der Waals surface area contributed by atoms with Crippen molar-refractivity contribution in [2.45, 2.75) is 31.6 Å². The summed E-state index contributed by atoms with van der Waals surface area (Å²) in [5.74, 6) is 2.22. The molecular weight excluding hydrogens is 278 g/mol. The number of hydrogen-bond donors (Lipinski definition) is 1. The summed E-state index contributed by atoms with van der Waals surface area (Å²) in [7, 11) is 0. The van der Waals surface area contributed by atoms with Crippen LogP contribution in [0.2, 0.25) is 0 Å². The lowest BCUT2D eigenvalue weighted by Gasteiger charge is -2.25. The van der Waals surface area contributed by atoms with Gasteiger partial charge in [0.1, 0.15) is 5.82 Å². The van der Waals surface area contributed by atoms with Crippen molar-refractivity contribution in [1.82, 2.24) is 4.98 Å². The van der Waals surface area contributed by atoms with Crippen LogP contribution in [0.25, 0.3) is 10.9 Å². The zero-order valence-corrected chi connectivity index (χ0v) is 13.6. The first-order valence-corrected chi connectivity index (χ1v) is 8.55. The van der Waals surface area contributed by atoms with Crippen molar-refractivity contribution in [2.24, 2.45) is 5.73 Å². The molecule has 0 aliphatic carbocycles. The standard InChI is InChI=1S/C17H23N3S/c1-17(2)7-8-20(9-10-21-17)16-14(12-18)11-13-5-3-4-6-15(13)19-16/h3-6,11H,7-10,12,18H2,1-2H3. The van der Waals surface area contributed by atoms with Crippen molar-refractivity contribution in [3.8, 4) is 0 Å². The molecule has 1 aromatic carbocycles. The van der Waals surface area contributed by atoms with Crippen LogP contribution in [-0.4, -0.2) is 28.6 Å². The third-order valence-corrected chi connectivity index (χ3v) is 5.51. The van der Waals surface area contributed by atoms with Crippen molar-refractivity contribution in [3.05, 3.63) is 35.9 Å². The quantitative estimate of drug-likeness (QED) is 0.923. The number of para-hydroxylation sites is 1. The maximum absolute atomic E-state index is 5.97. The third-order valence-electron chi connectivity index (χ3n) is 4.14. The van der Waals surface area contributed by atoms with Gasteiger partial charge in [-0.1, -0.05) is 32.0 Å². The van der Waals surface area contributed by atoms with Gasteiger partial charge in [0.05, 0.1) is 5.52 Å². The second-order valence-electron chi connectivity index (χ2n) is 6.21. The molecule has 1 aliphatic rings. The van der Waals surface area contributed by atoms with Crippen LogP contribution in [0.4, 0.5) is 5.82 Å². The van der Waals surface area contributed by atoms with Crippen molar-refractivity contribution in [1.29, 1.82) is 0 Å². The van der Waals surface area contributed by atoms with Crippen LogP contribution in [0.3, 0.4) is 0 Å². The second-order valence-corrected chi connectivity index (χ2v) is 8.02. The van der Waals surface area contributed by atoms with Crippen molar-refractivity contribution in [3.63, 3.8) is 0 Å². The summed E-state index contributed by atoms with van der Waals surface area (Å²) in [6.45, 7) is 7.31. The Morgan fingerprint density at radius 2 is 2.10 bits per heavy atom. The fourth-order valence-electron chi connectivity index (χ4n) is 2.81. The molecule has 21 heavy (non-hydrogen) atoms. The van der Waals surface area contributed by atoms with Gasteiger partial charge < -0.3 is 10.6 Å². The molecule has 0 radical (unpaired) electrons. The smallest absolute Gasteiger partial charge is 0.133 e. The summed E-state index contributed by atoms with van der Waals surface area (Å²) in [5, 5.41) is 1.17. The first kappa shape index (κ1) is 14.7. The Bertz CT molecular complexity index is 639. The van der Waals surface area contributed by atoms with Crippen LogP contribution in [0, 0.1) is 0 Å². The second kappa shape index (κ2) is 5.85. The molecule has 0 unspecified atom stereocenters. The van der Waals surface area contributed by atoms with E-state index in [0.717, 1.165) is 35.7 Å². The Morgan fingerprint density at radius 1 is 1.29 bits per heavy atom. The third kappa shape index (κ3) is 3.16. The van der Waals surface area contributed by atoms with E-state index >= 15 is 0 Å². The molecule has 4 heteroatoms. The van der Waals surface area contributed by atoms with Gasteiger partial charge in [-0.25, -0.2) is 4.98 Å². The Balaban J connectivity index is 1.98. The summed E-state index contributed by atoms with van der Waals surface area (Å²) in [4.78, 5) is 7.31. The molecular formula is C17H23N3S. The number of thioether (sulfide) groups is 1. The van der Waals surface area contributed by atoms with Crippen LogP contribution in [0.15, 0.2) is 30.3 Å². The minimum absolute atomic E-state index is 0.356. The predicted octanol–water partition coefficient (Wildman–Crippen LogP) is 3.42. The summed E-state index contributed by atoms with van der Waals surface area (Å²) in [5.41, 5.74) is 8.18. The van der Waals surface area contributed by atoms with Crippen molar-refractivity contribution < 1.29 is 0 Å². The maximum atomic E-state index is 5.97. The number of anilines is 1. The van der Waals surface area contributed by atoms with E-state index in [0.29, 0.717) is 11.3 Å². The van der Waals surface area contributed by atoms with Gasteiger partial charge in [0.2, 0.25) is 0 Å². The molecule has 2 N–H and O–H groups in total. The molecule has 2 aromatic rings. The molecule has 0 saturated carbocycles. The van der Waals surface area contributed by atoms with Crippen LogP contribution in [0.1, 0.15) is 25.8 Å². The largest absolute Gasteiger partial charge is 0.355 e. The molecule has 3 rings (SSSR count). The van der Waals surface area contributed by atoms with E-state index in [9.17, 15) is 0 Å². The van der Waals surface area contributed by atoms with E-state index in [2.05, 4.69) is 54.8 Å². The van der Waals surface area contributed by atoms with Gasteiger partial charge in [-0.2, -0.15) is 11.8 Å². The molecule has 1 saturated heterocycles. The number of benzene rings is 1. The number of hydrogen-bond acceptors (Lipinski definition) is 4. The number of nitrogens with two attached hydrogens (primary N) is 1. The lowest BCUT2D eigenvalue weighted by atomic mass is 10.1. The van der Waals surface area contributed by atoms with E-state index in [1.165, 1.54) is 11.8 Å². The fraction of sp³-hybridized carbons (Fsp3) is 0.471. The summed E-state index contributed by atoms with van der Waals surface area (Å²) >= 11 is 2.06. The van der Waals surface area contributed by atoms with Gasteiger partial charge in [0.25, 0.3) is 0 Å². The van der Waals surface area contributed by atoms with E-state index in [1.807, 2.05) is 6.07 Å². The summed E-state index contributed by atoms with van der Waals surface area (Å²) < 4.78 is 0.356. The Morgan fingerprint density at radius 3 is 2.90 bits per heavy atom. The van der Waals surface area contributed by atoms with Gasteiger partial charge in [-0.3, -0.25) is 0 Å². The summed E-state index contributed by atoms with van der Waals surface area (Å²) in [6, 6.07) is 10.5. The highest BCUT2D eigenvalue weighted by molar-refractivity contribution is 8.00. The molecule has 3 nitrogen and oxygen atoms in total. The Hall–Kier alpha value is -1.26. The molecule has 0 amide bonds. The average Bonchev–Trinajstić information content (AvgIpc) is 2.66. The average molecular weight is 301 g/mol. The lowest BCUT2D eigenvalue weighted by molar-refractivity contribution is 0.634. The fourth-order valence-corrected chi connectivity index (χ4v) is 3.91. The molecule has 1 fully saturated rings. The lowest BCUT2D eigenvalue weighted by Crippen LogP contribution is -2.29. The summed E-state index contributed by atoms with van der Waals surface area (Å²) in [6.07, 6.45) is 1.18. The topological polar surface area (TPSA) is 42.2 Å². The number of rotatable bonds is 2. The van der Waals surface area contributed by atoms with Gasteiger partial charge >= 0.3 is 0 Å². The predicted molar refractivity (Wildman–Crippen MR) is 93.0 cm³/mol. The zero-order valence-electron chi connectivity index (χ0n) is 12.8.